The Hall–Kier alpha value is -1.44. The molecule has 2 radical (unpaired) electrons. The summed E-state index contributed by atoms with van der Waals surface area (Å²) in [5.41, 5.74) is 6.59. The second-order valence-electron chi connectivity index (χ2n) is 11.9. The summed E-state index contributed by atoms with van der Waals surface area (Å²) in [4.78, 5) is 15.3. The van der Waals surface area contributed by atoms with E-state index >= 15 is 0 Å². The third kappa shape index (κ3) is 8.57. The van der Waals surface area contributed by atoms with Gasteiger partial charge in [0.25, 0.3) is 5.91 Å². The molecular formula is C27H45BClN3O3. The first-order valence-corrected chi connectivity index (χ1v) is 13.2. The fourth-order valence-electron chi connectivity index (χ4n) is 5.54. The Morgan fingerprint density at radius 1 is 1.23 bits per heavy atom. The summed E-state index contributed by atoms with van der Waals surface area (Å²) in [5, 5.41) is 14.0. The number of carbonyl (C=O) groups excluding carboxylic acids is 1. The lowest BCUT2D eigenvalue weighted by Crippen LogP contribution is -2.51. The Labute approximate surface area is 218 Å². The molecule has 1 aliphatic rings. The SMILES string of the molecule is [B]C(C)(C)CC(C)C(O)C(C)CC(C)(C)N1CCC(CNC(=O)c2cc(Cl)c(N)cc2OC)CC1. The lowest BCUT2D eigenvalue weighted by atomic mass is 9.65. The maximum atomic E-state index is 12.7. The van der Waals surface area contributed by atoms with Gasteiger partial charge in [-0.25, -0.2) is 0 Å². The Morgan fingerprint density at radius 3 is 2.34 bits per heavy atom. The standard InChI is InChI=1S/C27H45BClN3O3/c1-17(14-26(3,4)28)24(33)18(2)15-27(5,6)32-10-8-19(9-11-32)16-31-25(34)20-12-21(29)22(30)13-23(20)35-7/h12-13,17-19,24,33H,8-11,14-16,30H2,1-7H3,(H,31,34). The molecule has 0 spiro atoms. The van der Waals surface area contributed by atoms with Crippen LogP contribution in [0.3, 0.4) is 0 Å². The number of likely N-dealkylation sites (tertiary alicyclic amines) is 1. The average Bonchev–Trinajstić information content (AvgIpc) is 2.77. The van der Waals surface area contributed by atoms with Crippen molar-refractivity contribution in [3.63, 3.8) is 0 Å². The van der Waals surface area contributed by atoms with Crippen LogP contribution in [0.15, 0.2) is 12.1 Å². The Kier molecular flexibility index (Phi) is 10.4. The topological polar surface area (TPSA) is 87.8 Å². The molecule has 0 saturated carbocycles. The second kappa shape index (κ2) is 12.2. The molecule has 35 heavy (non-hydrogen) atoms. The fraction of sp³-hybridized carbons (Fsp3) is 0.741. The van der Waals surface area contributed by atoms with Crippen LogP contribution < -0.4 is 15.8 Å². The van der Waals surface area contributed by atoms with Crippen molar-refractivity contribution < 1.29 is 14.6 Å². The molecule has 1 amide bonds. The number of nitrogens with two attached hydrogens (primary N) is 1. The van der Waals surface area contributed by atoms with Gasteiger partial charge in [-0.1, -0.05) is 51.0 Å². The van der Waals surface area contributed by atoms with Crippen LogP contribution in [0.2, 0.25) is 10.3 Å². The van der Waals surface area contributed by atoms with Gasteiger partial charge >= 0.3 is 0 Å². The molecule has 196 valence electrons. The van der Waals surface area contributed by atoms with E-state index in [1.807, 2.05) is 13.8 Å². The number of benzene rings is 1. The number of nitrogens with one attached hydrogen (secondary N) is 1. The molecule has 0 aromatic heterocycles. The van der Waals surface area contributed by atoms with Crippen LogP contribution in [0.25, 0.3) is 0 Å². The molecule has 3 unspecified atom stereocenters. The largest absolute Gasteiger partial charge is 0.496 e. The Morgan fingerprint density at radius 2 is 1.80 bits per heavy atom. The van der Waals surface area contributed by atoms with Crippen molar-refractivity contribution in [3.05, 3.63) is 22.7 Å². The predicted molar refractivity (Wildman–Crippen MR) is 146 cm³/mol. The molecule has 8 heteroatoms. The number of nitrogens with zero attached hydrogens (tertiary/aromatic N) is 1. The number of carbonyl (C=O) groups is 1. The summed E-state index contributed by atoms with van der Waals surface area (Å²) in [6.07, 6.45) is 3.37. The highest BCUT2D eigenvalue weighted by Gasteiger charge is 2.35. The van der Waals surface area contributed by atoms with Gasteiger partial charge in [-0.3, -0.25) is 9.69 Å². The highest BCUT2D eigenvalue weighted by molar-refractivity contribution is 6.33. The number of aliphatic hydroxyl groups is 1. The van der Waals surface area contributed by atoms with E-state index in [1.54, 1.807) is 12.1 Å². The van der Waals surface area contributed by atoms with Gasteiger partial charge in [-0.2, -0.15) is 0 Å². The normalized spacial score (nSPS) is 18.7. The first kappa shape index (κ1) is 29.8. The number of nitrogen functional groups attached to an aromatic ring is 1. The molecule has 1 heterocycles. The van der Waals surface area contributed by atoms with Crippen LogP contribution in [0.1, 0.15) is 77.6 Å². The van der Waals surface area contributed by atoms with E-state index in [1.165, 1.54) is 7.11 Å². The number of amides is 1. The summed E-state index contributed by atoms with van der Waals surface area (Å²) < 4.78 is 5.30. The smallest absolute Gasteiger partial charge is 0.255 e. The molecule has 0 aliphatic carbocycles. The lowest BCUT2D eigenvalue weighted by molar-refractivity contribution is 0.00703. The minimum atomic E-state index is -0.372. The minimum Gasteiger partial charge on any atom is -0.496 e. The second-order valence-corrected chi connectivity index (χ2v) is 12.3. The summed E-state index contributed by atoms with van der Waals surface area (Å²) >= 11 is 6.11. The number of anilines is 1. The number of halogens is 1. The monoisotopic (exact) mass is 505 g/mol. The highest BCUT2D eigenvalue weighted by atomic mass is 35.5. The lowest BCUT2D eigenvalue weighted by Gasteiger charge is -2.45. The van der Waals surface area contributed by atoms with Crippen LogP contribution in [-0.4, -0.2) is 62.1 Å². The van der Waals surface area contributed by atoms with Crippen LogP contribution in [0.5, 0.6) is 5.75 Å². The molecular weight excluding hydrogens is 461 g/mol. The number of ether oxygens (including phenoxy) is 1. The average molecular weight is 506 g/mol. The van der Waals surface area contributed by atoms with Crippen LogP contribution in [0.4, 0.5) is 5.69 Å². The molecule has 0 bridgehead atoms. The van der Waals surface area contributed by atoms with Crippen LogP contribution in [0, 0.1) is 17.8 Å². The van der Waals surface area contributed by atoms with E-state index in [4.69, 9.17) is 29.9 Å². The molecule has 3 atom stereocenters. The van der Waals surface area contributed by atoms with E-state index in [9.17, 15) is 9.90 Å². The summed E-state index contributed by atoms with van der Waals surface area (Å²) in [6.45, 7) is 15.4. The van der Waals surface area contributed by atoms with E-state index in [-0.39, 0.29) is 34.7 Å². The van der Waals surface area contributed by atoms with Crippen LogP contribution >= 0.6 is 11.6 Å². The number of hydrogen-bond acceptors (Lipinski definition) is 5. The fourth-order valence-corrected chi connectivity index (χ4v) is 5.70. The highest BCUT2D eigenvalue weighted by Crippen LogP contribution is 2.35. The third-order valence-corrected chi connectivity index (χ3v) is 7.75. The summed E-state index contributed by atoms with van der Waals surface area (Å²) in [7, 11) is 7.68. The van der Waals surface area contributed by atoms with Crippen molar-refractivity contribution in [2.45, 2.75) is 84.2 Å². The van der Waals surface area contributed by atoms with Crippen molar-refractivity contribution in [2.24, 2.45) is 17.8 Å². The number of rotatable bonds is 11. The van der Waals surface area contributed by atoms with Crippen molar-refractivity contribution in [3.8, 4) is 5.75 Å². The number of piperidine rings is 1. The molecule has 4 N–H and O–H groups in total. The molecule has 1 aromatic carbocycles. The number of aliphatic hydroxyl groups excluding tert-OH is 1. The Bertz CT molecular complexity index is 851. The predicted octanol–water partition coefficient (Wildman–Crippen LogP) is 4.93. The van der Waals surface area contributed by atoms with Gasteiger partial charge in [-0.15, -0.1) is 0 Å². The van der Waals surface area contributed by atoms with E-state index in [0.29, 0.717) is 34.5 Å². The number of hydrogen-bond donors (Lipinski definition) is 3. The van der Waals surface area contributed by atoms with E-state index in [0.717, 1.165) is 38.8 Å². The molecule has 1 fully saturated rings. The first-order valence-electron chi connectivity index (χ1n) is 12.8. The van der Waals surface area contributed by atoms with Gasteiger partial charge in [0.15, 0.2) is 0 Å². The van der Waals surface area contributed by atoms with Crippen molar-refractivity contribution in [1.82, 2.24) is 10.2 Å². The summed E-state index contributed by atoms with van der Waals surface area (Å²) in [5.74, 6) is 0.965. The maximum Gasteiger partial charge on any atom is 0.255 e. The minimum absolute atomic E-state index is 0.0132. The van der Waals surface area contributed by atoms with Crippen LogP contribution in [-0.2, 0) is 0 Å². The quantitative estimate of drug-likeness (QED) is 0.293. The van der Waals surface area contributed by atoms with Crippen molar-refractivity contribution in [2.75, 3.05) is 32.5 Å². The summed E-state index contributed by atoms with van der Waals surface area (Å²) in [6, 6.07) is 3.13. The van der Waals surface area contributed by atoms with Gasteiger partial charge in [0.05, 0.1) is 37.3 Å². The van der Waals surface area contributed by atoms with Gasteiger partial charge < -0.3 is 20.9 Å². The van der Waals surface area contributed by atoms with E-state index in [2.05, 4.69) is 37.9 Å². The zero-order valence-corrected chi connectivity index (χ0v) is 23.4. The van der Waals surface area contributed by atoms with E-state index < -0.39 is 0 Å². The van der Waals surface area contributed by atoms with Crippen molar-refractivity contribution >= 4 is 31.0 Å². The van der Waals surface area contributed by atoms with Gasteiger partial charge in [0.1, 0.15) is 5.75 Å². The zero-order valence-electron chi connectivity index (χ0n) is 22.7. The number of methoxy groups -OCH3 is 1. The molecule has 1 aromatic rings. The molecule has 2 rings (SSSR count). The molecule has 1 saturated heterocycles. The van der Waals surface area contributed by atoms with Gasteiger partial charge in [0.2, 0.25) is 0 Å². The molecule has 6 nitrogen and oxygen atoms in total. The maximum absolute atomic E-state index is 12.7. The van der Waals surface area contributed by atoms with Gasteiger partial charge in [-0.05, 0) is 70.0 Å². The van der Waals surface area contributed by atoms with Crippen molar-refractivity contribution in [1.29, 1.82) is 0 Å². The van der Waals surface area contributed by atoms with Gasteiger partial charge in [0, 0.05) is 18.2 Å². The Balaban J connectivity index is 1.86. The molecule has 1 aliphatic heterocycles. The third-order valence-electron chi connectivity index (χ3n) is 7.42. The zero-order chi connectivity index (χ0) is 26.6. The first-order chi connectivity index (χ1) is 16.1.